The Bertz CT molecular complexity index is 1540. The molecule has 0 spiro atoms. The highest BCUT2D eigenvalue weighted by molar-refractivity contribution is 7.89. The molecule has 0 amide bonds. The van der Waals surface area contributed by atoms with E-state index in [1.54, 1.807) is 24.5 Å². The normalized spacial score (nSPS) is 17.8. The number of hydrogen-bond acceptors (Lipinski definition) is 8. The Balaban J connectivity index is 1.33. The lowest BCUT2D eigenvalue weighted by Gasteiger charge is -2.37. The number of thiazole rings is 1. The standard InChI is InChI=1S/C23H20N6O3S2/c1-13(30)20-12-27-23(33-20)19-11-26-22-18(5-6-25-22)21(19)28-15-8-16(9-15)29-34(31,32)17-4-2-3-14(7-17)10-24/h2-7,11-12,15-16,29H,8-9H2,1H3,(H2,25,26,28). The van der Waals surface area contributed by atoms with Crippen LogP contribution in [-0.2, 0) is 10.0 Å². The van der Waals surface area contributed by atoms with Gasteiger partial charge in [0.1, 0.15) is 10.7 Å². The van der Waals surface area contributed by atoms with Crippen molar-refractivity contribution in [2.75, 3.05) is 5.32 Å². The van der Waals surface area contributed by atoms with Crippen LogP contribution in [0.15, 0.2) is 53.8 Å². The van der Waals surface area contributed by atoms with E-state index in [2.05, 4.69) is 25.0 Å². The van der Waals surface area contributed by atoms with Gasteiger partial charge in [0.15, 0.2) is 5.78 Å². The van der Waals surface area contributed by atoms with Gasteiger partial charge < -0.3 is 10.3 Å². The summed E-state index contributed by atoms with van der Waals surface area (Å²) in [6, 6.07) is 9.68. The molecule has 1 aromatic carbocycles. The van der Waals surface area contributed by atoms with Gasteiger partial charge in [-0.2, -0.15) is 5.26 Å². The van der Waals surface area contributed by atoms with E-state index in [9.17, 15) is 13.2 Å². The van der Waals surface area contributed by atoms with E-state index in [1.165, 1.54) is 30.4 Å². The fourth-order valence-electron chi connectivity index (χ4n) is 3.94. The summed E-state index contributed by atoms with van der Waals surface area (Å²) in [7, 11) is -3.72. The first-order valence-electron chi connectivity index (χ1n) is 10.6. The first-order valence-corrected chi connectivity index (χ1v) is 12.9. The second-order valence-electron chi connectivity index (χ2n) is 8.14. The number of carbonyl (C=O) groups is 1. The lowest BCUT2D eigenvalue weighted by Crippen LogP contribution is -2.49. The Morgan fingerprint density at radius 1 is 1.21 bits per heavy atom. The van der Waals surface area contributed by atoms with Crippen LogP contribution in [0, 0.1) is 11.3 Å². The van der Waals surface area contributed by atoms with Crippen molar-refractivity contribution in [1.82, 2.24) is 19.7 Å². The summed E-state index contributed by atoms with van der Waals surface area (Å²) < 4.78 is 28.2. The third-order valence-corrected chi connectivity index (χ3v) is 8.40. The molecule has 0 atom stereocenters. The summed E-state index contributed by atoms with van der Waals surface area (Å²) in [6.07, 6.45) is 6.30. The maximum Gasteiger partial charge on any atom is 0.240 e. The predicted molar refractivity (Wildman–Crippen MR) is 129 cm³/mol. The first-order chi connectivity index (χ1) is 16.3. The topological polar surface area (TPSA) is 141 Å². The van der Waals surface area contributed by atoms with Gasteiger partial charge in [0.2, 0.25) is 10.0 Å². The number of hydrogen-bond donors (Lipinski definition) is 3. The fraction of sp³-hybridized carbons (Fsp3) is 0.217. The number of nitriles is 1. The molecule has 34 heavy (non-hydrogen) atoms. The molecule has 0 radical (unpaired) electrons. The van der Waals surface area contributed by atoms with Gasteiger partial charge >= 0.3 is 0 Å². The molecule has 5 rings (SSSR count). The third kappa shape index (κ3) is 4.19. The lowest BCUT2D eigenvalue weighted by atomic mass is 9.87. The zero-order valence-corrected chi connectivity index (χ0v) is 19.7. The van der Waals surface area contributed by atoms with E-state index in [1.807, 2.05) is 18.3 Å². The third-order valence-electron chi connectivity index (χ3n) is 5.75. The van der Waals surface area contributed by atoms with E-state index in [0.717, 1.165) is 22.3 Å². The average molecular weight is 493 g/mol. The van der Waals surface area contributed by atoms with E-state index < -0.39 is 10.0 Å². The van der Waals surface area contributed by atoms with E-state index in [-0.39, 0.29) is 22.8 Å². The minimum Gasteiger partial charge on any atom is -0.381 e. The molecule has 0 bridgehead atoms. The molecule has 4 aromatic rings. The van der Waals surface area contributed by atoms with E-state index in [4.69, 9.17) is 5.26 Å². The zero-order chi connectivity index (χ0) is 23.9. The molecule has 0 saturated heterocycles. The Hall–Kier alpha value is -3.59. The second kappa shape index (κ2) is 8.64. The maximum atomic E-state index is 12.7. The van der Waals surface area contributed by atoms with Gasteiger partial charge in [0.25, 0.3) is 0 Å². The number of pyridine rings is 1. The second-order valence-corrected chi connectivity index (χ2v) is 10.9. The van der Waals surface area contributed by atoms with Crippen molar-refractivity contribution in [3.63, 3.8) is 0 Å². The number of aromatic nitrogens is 3. The van der Waals surface area contributed by atoms with Gasteiger partial charge in [-0.25, -0.2) is 23.1 Å². The van der Waals surface area contributed by atoms with Gasteiger partial charge in [-0.1, -0.05) is 6.07 Å². The SMILES string of the molecule is CC(=O)c1cnc(-c2cnc3[nH]ccc3c2NC2CC(NS(=O)(=O)c3cccc(C#N)c3)C2)s1. The van der Waals surface area contributed by atoms with Crippen molar-refractivity contribution in [2.45, 2.75) is 36.7 Å². The van der Waals surface area contributed by atoms with Crippen LogP contribution in [0.4, 0.5) is 5.69 Å². The monoisotopic (exact) mass is 492 g/mol. The number of aromatic amines is 1. The summed E-state index contributed by atoms with van der Waals surface area (Å²) in [4.78, 5) is 24.4. The Morgan fingerprint density at radius 3 is 2.76 bits per heavy atom. The summed E-state index contributed by atoms with van der Waals surface area (Å²) in [5, 5.41) is 14.2. The van der Waals surface area contributed by atoms with Crippen LogP contribution in [-0.4, -0.2) is 41.2 Å². The predicted octanol–water partition coefficient (Wildman–Crippen LogP) is 3.68. The maximum absolute atomic E-state index is 12.7. The van der Waals surface area contributed by atoms with Crippen LogP contribution < -0.4 is 10.0 Å². The lowest BCUT2D eigenvalue weighted by molar-refractivity contribution is 0.102. The van der Waals surface area contributed by atoms with Gasteiger partial charge in [-0.05, 0) is 37.1 Å². The molecular formula is C23H20N6O3S2. The largest absolute Gasteiger partial charge is 0.381 e. The van der Waals surface area contributed by atoms with Gasteiger partial charge in [0, 0.05) is 43.0 Å². The van der Waals surface area contributed by atoms with Gasteiger partial charge in [-0.3, -0.25) is 4.79 Å². The Labute approximate surface area is 199 Å². The van der Waals surface area contributed by atoms with Crippen molar-refractivity contribution >= 4 is 43.9 Å². The Morgan fingerprint density at radius 2 is 2.03 bits per heavy atom. The summed E-state index contributed by atoms with van der Waals surface area (Å²) in [5.74, 6) is -0.0386. The zero-order valence-electron chi connectivity index (χ0n) is 18.1. The highest BCUT2D eigenvalue weighted by atomic mass is 32.2. The van der Waals surface area contributed by atoms with Crippen LogP contribution in [0.25, 0.3) is 21.6 Å². The molecule has 11 heteroatoms. The number of Topliss-reactive ketones (excluding diaryl/α,β-unsaturated/α-hetero) is 1. The van der Waals surface area contributed by atoms with Crippen LogP contribution in [0.1, 0.15) is 35.0 Å². The van der Waals surface area contributed by atoms with Crippen molar-refractivity contribution in [3.05, 3.63) is 59.4 Å². The minimum atomic E-state index is -3.72. The quantitative estimate of drug-likeness (QED) is 0.334. The summed E-state index contributed by atoms with van der Waals surface area (Å²) in [5.41, 5.74) is 2.67. The van der Waals surface area contributed by atoms with Crippen LogP contribution in [0.5, 0.6) is 0 Å². The van der Waals surface area contributed by atoms with E-state index >= 15 is 0 Å². The Kier molecular flexibility index (Phi) is 5.65. The van der Waals surface area contributed by atoms with Crippen molar-refractivity contribution < 1.29 is 13.2 Å². The first kappa shape index (κ1) is 22.2. The minimum absolute atomic E-state index is 0.0386. The van der Waals surface area contributed by atoms with Gasteiger partial charge in [0.05, 0.1) is 32.7 Å². The number of H-pyrrole nitrogens is 1. The molecule has 0 aliphatic heterocycles. The number of nitrogens with zero attached hydrogens (tertiary/aromatic N) is 3. The highest BCUT2D eigenvalue weighted by Crippen LogP contribution is 2.38. The van der Waals surface area contributed by atoms with Crippen molar-refractivity contribution in [1.29, 1.82) is 5.26 Å². The number of nitrogens with one attached hydrogen (secondary N) is 3. The number of sulfonamides is 1. The molecule has 0 unspecified atom stereocenters. The van der Waals surface area contributed by atoms with Crippen LogP contribution in [0.3, 0.4) is 0 Å². The molecular weight excluding hydrogens is 472 g/mol. The van der Waals surface area contributed by atoms with Crippen molar-refractivity contribution in [2.24, 2.45) is 0 Å². The number of anilines is 1. The number of rotatable bonds is 7. The van der Waals surface area contributed by atoms with E-state index in [0.29, 0.717) is 28.3 Å². The number of ketones is 1. The summed E-state index contributed by atoms with van der Waals surface area (Å²) >= 11 is 1.32. The highest BCUT2D eigenvalue weighted by Gasteiger charge is 2.33. The molecule has 1 aliphatic carbocycles. The number of carbonyl (C=O) groups excluding carboxylic acids is 1. The molecule has 172 valence electrons. The summed E-state index contributed by atoms with van der Waals surface area (Å²) in [6.45, 7) is 1.51. The molecule has 1 fully saturated rings. The molecule has 3 heterocycles. The average Bonchev–Trinajstić information content (AvgIpc) is 3.47. The smallest absolute Gasteiger partial charge is 0.240 e. The fourth-order valence-corrected chi connectivity index (χ4v) is 6.08. The number of fused-ring (bicyclic) bond motifs is 1. The van der Waals surface area contributed by atoms with Crippen LogP contribution >= 0.6 is 11.3 Å². The van der Waals surface area contributed by atoms with Crippen molar-refractivity contribution in [3.8, 4) is 16.6 Å². The van der Waals surface area contributed by atoms with Gasteiger partial charge in [-0.15, -0.1) is 11.3 Å². The molecule has 9 nitrogen and oxygen atoms in total. The molecule has 3 N–H and O–H groups in total. The molecule has 1 saturated carbocycles. The van der Waals surface area contributed by atoms with Crippen LogP contribution in [0.2, 0.25) is 0 Å². The number of benzene rings is 1. The molecule has 1 aliphatic rings. The molecule has 3 aromatic heterocycles.